The zero-order chi connectivity index (χ0) is 14.9. The molecule has 0 spiro atoms. The maximum Gasteiger partial charge on any atom is 0.126 e. The first-order valence-electron chi connectivity index (χ1n) is 6.33. The van der Waals surface area contributed by atoms with Gasteiger partial charge in [-0.1, -0.05) is 0 Å². The molecule has 0 aliphatic rings. The second kappa shape index (κ2) is 5.73. The molecule has 1 aromatic carbocycles. The van der Waals surface area contributed by atoms with Crippen molar-refractivity contribution in [3.05, 3.63) is 58.5 Å². The van der Waals surface area contributed by atoms with Crippen molar-refractivity contribution in [2.45, 2.75) is 25.9 Å². The van der Waals surface area contributed by atoms with Crippen molar-refractivity contribution < 1.29 is 18.3 Å². The molecule has 2 unspecified atom stereocenters. The van der Waals surface area contributed by atoms with E-state index in [2.05, 4.69) is 0 Å². The molecular formula is C15H17F2NO2. The highest BCUT2D eigenvalue weighted by Gasteiger charge is 2.25. The van der Waals surface area contributed by atoms with Crippen LogP contribution in [0.25, 0.3) is 0 Å². The molecule has 1 aromatic heterocycles. The Labute approximate surface area is 116 Å². The minimum Gasteiger partial charge on any atom is -0.466 e. The van der Waals surface area contributed by atoms with E-state index in [1.165, 1.54) is 12.1 Å². The van der Waals surface area contributed by atoms with E-state index in [0.717, 1.165) is 6.07 Å². The maximum atomic E-state index is 13.3. The monoisotopic (exact) mass is 281 g/mol. The molecule has 1 heterocycles. The van der Waals surface area contributed by atoms with Gasteiger partial charge in [-0.3, -0.25) is 0 Å². The lowest BCUT2D eigenvalue weighted by Crippen LogP contribution is -2.20. The summed E-state index contributed by atoms with van der Waals surface area (Å²) in [6.45, 7) is 3.56. The number of furan rings is 1. The lowest BCUT2D eigenvalue weighted by molar-refractivity contribution is 0.145. The summed E-state index contributed by atoms with van der Waals surface area (Å²) < 4.78 is 32.0. The first kappa shape index (κ1) is 14.7. The first-order chi connectivity index (χ1) is 9.42. The minimum absolute atomic E-state index is 0.0632. The number of aryl methyl sites for hydroxylation is 2. The van der Waals surface area contributed by atoms with E-state index in [-0.39, 0.29) is 6.54 Å². The van der Waals surface area contributed by atoms with Gasteiger partial charge in [-0.05, 0) is 37.6 Å². The Morgan fingerprint density at radius 1 is 1.15 bits per heavy atom. The topological polar surface area (TPSA) is 59.4 Å². The fraction of sp³-hybridized carbons (Fsp3) is 0.333. The third-order valence-corrected chi connectivity index (χ3v) is 3.35. The molecule has 2 aromatic rings. The normalized spacial score (nSPS) is 14.3. The summed E-state index contributed by atoms with van der Waals surface area (Å²) in [6.07, 6.45) is -0.973. The summed E-state index contributed by atoms with van der Waals surface area (Å²) in [4.78, 5) is 0. The van der Waals surface area contributed by atoms with E-state index >= 15 is 0 Å². The van der Waals surface area contributed by atoms with Crippen LogP contribution in [-0.4, -0.2) is 11.7 Å². The van der Waals surface area contributed by atoms with Crippen molar-refractivity contribution in [3.63, 3.8) is 0 Å². The van der Waals surface area contributed by atoms with E-state index < -0.39 is 23.7 Å². The highest BCUT2D eigenvalue weighted by Crippen LogP contribution is 2.33. The number of nitrogens with two attached hydrogens (primary N) is 1. The molecular weight excluding hydrogens is 264 g/mol. The van der Waals surface area contributed by atoms with Crippen molar-refractivity contribution in [2.75, 3.05) is 6.54 Å². The number of aliphatic hydroxyl groups is 1. The van der Waals surface area contributed by atoms with Crippen LogP contribution in [0.4, 0.5) is 8.78 Å². The van der Waals surface area contributed by atoms with Gasteiger partial charge < -0.3 is 15.3 Å². The molecule has 0 aliphatic carbocycles. The lowest BCUT2D eigenvalue weighted by Gasteiger charge is -2.21. The zero-order valence-electron chi connectivity index (χ0n) is 11.4. The van der Waals surface area contributed by atoms with Crippen LogP contribution in [-0.2, 0) is 0 Å². The van der Waals surface area contributed by atoms with Gasteiger partial charge in [0.1, 0.15) is 23.2 Å². The van der Waals surface area contributed by atoms with Crippen molar-refractivity contribution in [1.29, 1.82) is 0 Å². The number of benzene rings is 1. The van der Waals surface area contributed by atoms with E-state index in [1.54, 1.807) is 19.9 Å². The Hall–Kier alpha value is -1.72. The molecule has 3 N–H and O–H groups in total. The predicted octanol–water partition coefficient (Wildman–Crippen LogP) is 2.95. The van der Waals surface area contributed by atoms with Gasteiger partial charge in [0.25, 0.3) is 0 Å². The van der Waals surface area contributed by atoms with Crippen molar-refractivity contribution in [1.82, 2.24) is 0 Å². The Kier molecular flexibility index (Phi) is 4.20. The van der Waals surface area contributed by atoms with Gasteiger partial charge in [-0.15, -0.1) is 0 Å². The number of hydrogen-bond acceptors (Lipinski definition) is 3. The standard InChI is InChI=1S/C15H17F2NO2/c1-8-3-13(9(2)20-8)15(19)14(7-18)10-4-11(16)6-12(17)5-10/h3-6,14-15,19H,7,18H2,1-2H3. The van der Waals surface area contributed by atoms with Gasteiger partial charge in [-0.25, -0.2) is 8.78 Å². The lowest BCUT2D eigenvalue weighted by atomic mass is 9.89. The number of rotatable bonds is 4. The molecule has 108 valence electrons. The van der Waals surface area contributed by atoms with Gasteiger partial charge >= 0.3 is 0 Å². The van der Waals surface area contributed by atoms with E-state index in [4.69, 9.17) is 10.2 Å². The highest BCUT2D eigenvalue weighted by molar-refractivity contribution is 5.30. The maximum absolute atomic E-state index is 13.3. The first-order valence-corrected chi connectivity index (χ1v) is 6.33. The largest absolute Gasteiger partial charge is 0.466 e. The number of halogens is 2. The van der Waals surface area contributed by atoms with Crippen molar-refractivity contribution in [3.8, 4) is 0 Å². The minimum atomic E-state index is -0.973. The Balaban J connectivity index is 2.38. The molecule has 0 radical (unpaired) electrons. The van der Waals surface area contributed by atoms with Crippen LogP contribution in [0.1, 0.15) is 34.7 Å². The second-order valence-corrected chi connectivity index (χ2v) is 4.86. The molecule has 0 fully saturated rings. The van der Waals surface area contributed by atoms with Crippen LogP contribution in [0.15, 0.2) is 28.7 Å². The molecule has 0 saturated carbocycles. The Morgan fingerprint density at radius 2 is 1.75 bits per heavy atom. The molecule has 2 rings (SSSR count). The molecule has 0 bridgehead atoms. The van der Waals surface area contributed by atoms with E-state index in [0.29, 0.717) is 22.6 Å². The van der Waals surface area contributed by atoms with Crippen LogP contribution in [0, 0.1) is 25.5 Å². The van der Waals surface area contributed by atoms with Gasteiger partial charge in [-0.2, -0.15) is 0 Å². The van der Waals surface area contributed by atoms with Gasteiger partial charge in [0.05, 0.1) is 6.10 Å². The summed E-state index contributed by atoms with van der Waals surface area (Å²) in [5, 5.41) is 10.4. The van der Waals surface area contributed by atoms with Crippen LogP contribution in [0.5, 0.6) is 0 Å². The average molecular weight is 281 g/mol. The average Bonchev–Trinajstić information content (AvgIpc) is 2.68. The van der Waals surface area contributed by atoms with Gasteiger partial charge in [0, 0.05) is 24.1 Å². The summed E-state index contributed by atoms with van der Waals surface area (Å²) in [5.41, 5.74) is 6.58. The van der Waals surface area contributed by atoms with Crippen molar-refractivity contribution in [2.24, 2.45) is 5.73 Å². The third kappa shape index (κ3) is 2.89. The van der Waals surface area contributed by atoms with E-state index in [1.807, 2.05) is 0 Å². The molecule has 2 atom stereocenters. The molecule has 0 aliphatic heterocycles. The second-order valence-electron chi connectivity index (χ2n) is 4.86. The predicted molar refractivity (Wildman–Crippen MR) is 71.3 cm³/mol. The fourth-order valence-electron chi connectivity index (χ4n) is 2.40. The molecule has 5 heteroatoms. The Bertz CT molecular complexity index is 590. The summed E-state index contributed by atoms with van der Waals surface area (Å²) >= 11 is 0. The van der Waals surface area contributed by atoms with Gasteiger partial charge in [0.2, 0.25) is 0 Å². The number of hydrogen-bond donors (Lipinski definition) is 2. The summed E-state index contributed by atoms with van der Waals surface area (Å²) in [5.74, 6) is -0.740. The van der Waals surface area contributed by atoms with Crippen molar-refractivity contribution >= 4 is 0 Å². The Morgan fingerprint density at radius 3 is 2.20 bits per heavy atom. The van der Waals surface area contributed by atoms with Gasteiger partial charge in [0.15, 0.2) is 0 Å². The summed E-state index contributed by atoms with van der Waals surface area (Å²) in [7, 11) is 0. The fourth-order valence-corrected chi connectivity index (χ4v) is 2.40. The van der Waals surface area contributed by atoms with Crippen LogP contribution < -0.4 is 5.73 Å². The molecule has 3 nitrogen and oxygen atoms in total. The third-order valence-electron chi connectivity index (χ3n) is 3.35. The molecule has 0 saturated heterocycles. The molecule has 0 amide bonds. The smallest absolute Gasteiger partial charge is 0.126 e. The van der Waals surface area contributed by atoms with Crippen LogP contribution >= 0.6 is 0 Å². The van der Waals surface area contributed by atoms with Crippen LogP contribution in [0.2, 0.25) is 0 Å². The zero-order valence-corrected chi connectivity index (χ0v) is 11.4. The van der Waals surface area contributed by atoms with Crippen LogP contribution in [0.3, 0.4) is 0 Å². The SMILES string of the molecule is Cc1cc(C(O)C(CN)c2cc(F)cc(F)c2)c(C)o1. The quantitative estimate of drug-likeness (QED) is 0.905. The molecule has 20 heavy (non-hydrogen) atoms. The number of aliphatic hydroxyl groups excluding tert-OH is 1. The highest BCUT2D eigenvalue weighted by atomic mass is 19.1. The van der Waals surface area contributed by atoms with E-state index in [9.17, 15) is 13.9 Å². The summed E-state index contributed by atoms with van der Waals surface area (Å²) in [6, 6.07) is 4.87.